The van der Waals surface area contributed by atoms with Gasteiger partial charge in [-0.05, 0) is 12.3 Å². The van der Waals surface area contributed by atoms with Crippen LogP contribution in [0.2, 0.25) is 0 Å². The number of carbonyl (C=O) groups excluding carboxylic acids is 1. The summed E-state index contributed by atoms with van der Waals surface area (Å²) in [4.78, 5) is 21.9. The smallest absolute Gasteiger partial charge is 0.330 e. The lowest BCUT2D eigenvalue weighted by Crippen LogP contribution is -2.51. The topological polar surface area (TPSA) is 66.4 Å². The van der Waals surface area contributed by atoms with Gasteiger partial charge >= 0.3 is 5.97 Å². The monoisotopic (exact) mass is 203 g/mol. The summed E-state index contributed by atoms with van der Waals surface area (Å²) in [5, 5.41) is 11.3. The summed E-state index contributed by atoms with van der Waals surface area (Å²) < 4.78 is 0. The maximum absolute atomic E-state index is 11.0. The van der Waals surface area contributed by atoms with E-state index in [0.717, 1.165) is 11.8 Å². The second-order valence-electron chi connectivity index (χ2n) is 3.69. The third-order valence-corrected chi connectivity index (χ3v) is 2.96. The number of carboxylic acid groups (broad SMARTS) is 1. The number of rotatable bonds is 3. The Morgan fingerprint density at radius 2 is 2.38 bits per heavy atom. The van der Waals surface area contributed by atoms with Gasteiger partial charge in [-0.1, -0.05) is 25.6 Å². The summed E-state index contributed by atoms with van der Waals surface area (Å²) in [6.45, 7) is 3.89. The fourth-order valence-electron chi connectivity index (χ4n) is 1.47. The highest BCUT2D eigenvalue weighted by Gasteiger charge is 2.45. The first-order valence-corrected chi connectivity index (χ1v) is 5.13. The molecule has 74 valence electrons. The molecule has 0 spiro atoms. The molecule has 1 fully saturated rings. The minimum atomic E-state index is -1.03. The molecule has 13 heavy (non-hydrogen) atoms. The van der Waals surface area contributed by atoms with Crippen molar-refractivity contribution in [2.24, 2.45) is 5.92 Å². The Labute approximate surface area is 81.1 Å². The number of carbonyl (C=O) groups is 2. The molecule has 1 atom stereocenters. The summed E-state index contributed by atoms with van der Waals surface area (Å²) >= 11 is 1.04. The molecule has 1 aliphatic heterocycles. The molecule has 0 saturated carbocycles. The van der Waals surface area contributed by atoms with Crippen molar-refractivity contribution in [2.45, 2.75) is 25.8 Å². The van der Waals surface area contributed by atoms with E-state index in [4.69, 9.17) is 5.11 Å². The van der Waals surface area contributed by atoms with Crippen molar-refractivity contribution in [3.8, 4) is 0 Å². The van der Waals surface area contributed by atoms with Crippen LogP contribution < -0.4 is 5.32 Å². The van der Waals surface area contributed by atoms with Crippen LogP contribution in [0.25, 0.3) is 0 Å². The number of hydrogen-bond acceptors (Lipinski definition) is 3. The van der Waals surface area contributed by atoms with Crippen LogP contribution in [-0.4, -0.2) is 27.6 Å². The number of thioether (sulfide) groups is 1. The average molecular weight is 203 g/mol. The van der Waals surface area contributed by atoms with Crippen molar-refractivity contribution in [2.75, 3.05) is 5.75 Å². The number of hydrogen-bond donors (Lipinski definition) is 2. The van der Waals surface area contributed by atoms with Crippen LogP contribution >= 0.6 is 11.8 Å². The molecule has 0 aromatic heterocycles. The van der Waals surface area contributed by atoms with Gasteiger partial charge in [-0.25, -0.2) is 4.79 Å². The van der Waals surface area contributed by atoms with Crippen molar-refractivity contribution >= 4 is 23.0 Å². The lowest BCUT2D eigenvalue weighted by molar-refractivity contribution is -0.143. The summed E-state index contributed by atoms with van der Waals surface area (Å²) in [5.74, 6) is -0.339. The third kappa shape index (κ3) is 2.15. The maximum Gasteiger partial charge on any atom is 0.330 e. The zero-order valence-electron chi connectivity index (χ0n) is 7.66. The minimum Gasteiger partial charge on any atom is -0.479 e. The second-order valence-corrected chi connectivity index (χ2v) is 4.63. The first kappa shape index (κ1) is 10.4. The van der Waals surface area contributed by atoms with E-state index in [-0.39, 0.29) is 11.2 Å². The minimum absolute atomic E-state index is 0.233. The molecule has 4 nitrogen and oxygen atoms in total. The Balaban J connectivity index is 2.77. The second kappa shape index (κ2) is 3.57. The van der Waals surface area contributed by atoms with Crippen LogP contribution in [0.5, 0.6) is 0 Å². The Morgan fingerprint density at radius 3 is 2.69 bits per heavy atom. The van der Waals surface area contributed by atoms with Crippen LogP contribution in [0.3, 0.4) is 0 Å². The van der Waals surface area contributed by atoms with Crippen LogP contribution in [0, 0.1) is 5.92 Å². The summed E-state index contributed by atoms with van der Waals surface area (Å²) in [6.07, 6.45) is 0.487. The van der Waals surface area contributed by atoms with Gasteiger partial charge in [-0.15, -0.1) is 0 Å². The molecule has 1 aliphatic rings. The van der Waals surface area contributed by atoms with Crippen LogP contribution in [0.1, 0.15) is 20.3 Å². The SMILES string of the molecule is CC(C)CC1(C(=O)O)CSC(=O)N1. The predicted octanol–water partition coefficient (Wildman–Crippen LogP) is 1.31. The van der Waals surface area contributed by atoms with Crippen LogP contribution in [0.15, 0.2) is 0 Å². The van der Waals surface area contributed by atoms with E-state index in [0.29, 0.717) is 12.2 Å². The molecule has 2 N–H and O–H groups in total. The highest BCUT2D eigenvalue weighted by atomic mass is 32.2. The molecule has 1 amide bonds. The van der Waals surface area contributed by atoms with Crippen molar-refractivity contribution in [1.29, 1.82) is 0 Å². The molecule has 0 aliphatic carbocycles. The summed E-state index contributed by atoms with van der Waals surface area (Å²) in [6, 6.07) is 0. The van der Waals surface area contributed by atoms with Gasteiger partial charge in [-0.3, -0.25) is 4.79 Å². The standard InChI is InChI=1S/C8H13NO3S/c1-5(2)3-8(6(10)11)4-13-7(12)9-8/h5H,3-4H2,1-2H3,(H,9,12)(H,10,11). The largest absolute Gasteiger partial charge is 0.479 e. The number of nitrogens with one attached hydrogen (secondary N) is 1. The van der Waals surface area contributed by atoms with Crippen molar-refractivity contribution < 1.29 is 14.7 Å². The highest BCUT2D eigenvalue weighted by Crippen LogP contribution is 2.29. The molecule has 0 aromatic rings. The molecular weight excluding hydrogens is 190 g/mol. The van der Waals surface area contributed by atoms with E-state index < -0.39 is 11.5 Å². The first-order chi connectivity index (χ1) is 5.96. The lowest BCUT2D eigenvalue weighted by atomic mass is 9.91. The van der Waals surface area contributed by atoms with Gasteiger partial charge in [0.25, 0.3) is 5.24 Å². The summed E-state index contributed by atoms with van der Waals surface area (Å²) in [7, 11) is 0. The van der Waals surface area contributed by atoms with Crippen LogP contribution in [-0.2, 0) is 4.79 Å². The molecule has 0 radical (unpaired) electrons. The summed E-state index contributed by atoms with van der Waals surface area (Å²) in [5.41, 5.74) is -1.03. The fourth-order valence-corrected chi connectivity index (χ4v) is 2.42. The molecular formula is C8H13NO3S. The average Bonchev–Trinajstić information content (AvgIpc) is 2.31. The van der Waals surface area contributed by atoms with Gasteiger partial charge < -0.3 is 10.4 Å². The molecule has 5 heteroatoms. The van der Waals surface area contributed by atoms with E-state index in [1.165, 1.54) is 0 Å². The van der Waals surface area contributed by atoms with Crippen molar-refractivity contribution in [3.05, 3.63) is 0 Å². The van der Waals surface area contributed by atoms with E-state index in [9.17, 15) is 9.59 Å². The number of carboxylic acids is 1. The Morgan fingerprint density at radius 1 is 1.77 bits per heavy atom. The zero-order chi connectivity index (χ0) is 10.1. The normalized spacial score (nSPS) is 27.8. The first-order valence-electron chi connectivity index (χ1n) is 4.14. The van der Waals surface area contributed by atoms with Gasteiger partial charge in [0.15, 0.2) is 0 Å². The highest BCUT2D eigenvalue weighted by molar-refractivity contribution is 8.14. The van der Waals surface area contributed by atoms with Gasteiger partial charge in [0.05, 0.1) is 0 Å². The Hall–Kier alpha value is -0.710. The van der Waals surface area contributed by atoms with Crippen molar-refractivity contribution in [1.82, 2.24) is 5.32 Å². The molecule has 1 heterocycles. The van der Waals surface area contributed by atoms with Gasteiger partial charge in [0, 0.05) is 5.75 Å². The van der Waals surface area contributed by atoms with Crippen molar-refractivity contribution in [3.63, 3.8) is 0 Å². The molecule has 1 saturated heterocycles. The predicted molar refractivity (Wildman–Crippen MR) is 50.8 cm³/mol. The Kier molecular flexibility index (Phi) is 2.85. The zero-order valence-corrected chi connectivity index (χ0v) is 8.48. The number of aliphatic carboxylic acids is 1. The van der Waals surface area contributed by atoms with Gasteiger partial charge in [0.1, 0.15) is 5.54 Å². The van der Waals surface area contributed by atoms with E-state index in [1.54, 1.807) is 0 Å². The van der Waals surface area contributed by atoms with E-state index >= 15 is 0 Å². The Bertz CT molecular complexity index is 242. The maximum atomic E-state index is 11.0. The van der Waals surface area contributed by atoms with Crippen LogP contribution in [0.4, 0.5) is 4.79 Å². The fraction of sp³-hybridized carbons (Fsp3) is 0.750. The molecule has 1 rings (SSSR count). The molecule has 0 aromatic carbocycles. The molecule has 1 unspecified atom stereocenters. The van der Waals surface area contributed by atoms with E-state index in [2.05, 4.69) is 5.32 Å². The van der Waals surface area contributed by atoms with Gasteiger partial charge in [0.2, 0.25) is 0 Å². The molecule has 0 bridgehead atoms. The van der Waals surface area contributed by atoms with Gasteiger partial charge in [-0.2, -0.15) is 0 Å². The van der Waals surface area contributed by atoms with E-state index in [1.807, 2.05) is 13.8 Å². The third-order valence-electron chi connectivity index (χ3n) is 1.96. The quantitative estimate of drug-likeness (QED) is 0.725. The lowest BCUT2D eigenvalue weighted by Gasteiger charge is -2.24. The number of amides is 1.